The molecule has 1 aliphatic carbocycles. The number of benzene rings is 2. The molecule has 0 spiro atoms. The zero-order chi connectivity index (χ0) is 19.1. The Morgan fingerprint density at radius 2 is 1.78 bits per heavy atom. The molecule has 27 heavy (non-hydrogen) atoms. The molecule has 140 valence electrons. The average Bonchev–Trinajstić information content (AvgIpc) is 3.49. The smallest absolute Gasteiger partial charge is 0.251 e. The van der Waals surface area contributed by atoms with Crippen LogP contribution in [-0.2, 0) is 4.79 Å². The van der Waals surface area contributed by atoms with E-state index in [0.717, 1.165) is 24.2 Å². The number of amides is 2. The molecule has 1 saturated carbocycles. The van der Waals surface area contributed by atoms with E-state index in [0.29, 0.717) is 24.8 Å². The standard InChI is InChI=1S/C22H24N2O3/c1-16-2-11-20(12-3-16)27-15-14-23-21(25)13-6-17-4-7-18(8-5-17)22(26)24-19-9-10-19/h2-8,11-13,19H,9-10,14-15H2,1H3,(H,23,25)(H,24,26)/b13-6+. The van der Waals surface area contributed by atoms with Crippen molar-refractivity contribution in [2.45, 2.75) is 25.8 Å². The van der Waals surface area contributed by atoms with Crippen molar-refractivity contribution < 1.29 is 14.3 Å². The number of carbonyl (C=O) groups is 2. The fourth-order valence-corrected chi connectivity index (χ4v) is 2.45. The molecule has 0 aromatic heterocycles. The molecule has 2 aromatic rings. The zero-order valence-corrected chi connectivity index (χ0v) is 15.4. The van der Waals surface area contributed by atoms with Gasteiger partial charge in [-0.3, -0.25) is 9.59 Å². The lowest BCUT2D eigenvalue weighted by Gasteiger charge is -2.06. The molecule has 0 saturated heterocycles. The number of carbonyl (C=O) groups excluding carboxylic acids is 2. The van der Waals surface area contributed by atoms with Crippen molar-refractivity contribution in [3.05, 3.63) is 71.3 Å². The van der Waals surface area contributed by atoms with Crippen molar-refractivity contribution in [2.24, 2.45) is 0 Å². The number of hydrogen-bond donors (Lipinski definition) is 2. The van der Waals surface area contributed by atoms with Crippen LogP contribution in [0.4, 0.5) is 0 Å². The van der Waals surface area contributed by atoms with Crippen molar-refractivity contribution in [3.8, 4) is 5.75 Å². The Bertz CT molecular complexity index is 806. The lowest BCUT2D eigenvalue weighted by Crippen LogP contribution is -2.26. The van der Waals surface area contributed by atoms with Crippen LogP contribution in [0.2, 0.25) is 0 Å². The Hall–Kier alpha value is -3.08. The second kappa shape index (κ2) is 9.03. The van der Waals surface area contributed by atoms with Gasteiger partial charge in [-0.05, 0) is 55.7 Å². The van der Waals surface area contributed by atoms with Crippen LogP contribution in [0.15, 0.2) is 54.6 Å². The molecule has 2 N–H and O–H groups in total. The molecular formula is C22H24N2O3. The third-order valence-electron chi connectivity index (χ3n) is 4.20. The largest absolute Gasteiger partial charge is 0.492 e. The number of aryl methyl sites for hydroxylation is 1. The van der Waals surface area contributed by atoms with E-state index < -0.39 is 0 Å². The Balaban J connectivity index is 1.38. The fourth-order valence-electron chi connectivity index (χ4n) is 2.45. The number of rotatable bonds is 8. The molecule has 0 aliphatic heterocycles. The van der Waals surface area contributed by atoms with Crippen molar-refractivity contribution in [2.75, 3.05) is 13.2 Å². The minimum absolute atomic E-state index is 0.0423. The van der Waals surface area contributed by atoms with E-state index in [2.05, 4.69) is 10.6 Å². The van der Waals surface area contributed by atoms with Crippen molar-refractivity contribution in [1.82, 2.24) is 10.6 Å². The van der Waals surface area contributed by atoms with E-state index in [1.54, 1.807) is 18.2 Å². The van der Waals surface area contributed by atoms with E-state index in [1.165, 1.54) is 11.6 Å². The van der Waals surface area contributed by atoms with Crippen LogP contribution < -0.4 is 15.4 Å². The predicted molar refractivity (Wildman–Crippen MR) is 106 cm³/mol. The fraction of sp³-hybridized carbons (Fsp3) is 0.273. The maximum atomic E-state index is 11.9. The molecular weight excluding hydrogens is 340 g/mol. The van der Waals surface area contributed by atoms with Gasteiger partial charge in [0.1, 0.15) is 12.4 Å². The van der Waals surface area contributed by atoms with Crippen molar-refractivity contribution >= 4 is 17.9 Å². The van der Waals surface area contributed by atoms with E-state index in [1.807, 2.05) is 43.3 Å². The van der Waals surface area contributed by atoms with Crippen LogP contribution in [0.25, 0.3) is 6.08 Å². The summed E-state index contributed by atoms with van der Waals surface area (Å²) in [7, 11) is 0. The predicted octanol–water partition coefficient (Wildman–Crippen LogP) is 3.10. The SMILES string of the molecule is Cc1ccc(OCCNC(=O)/C=C/c2ccc(C(=O)NC3CC3)cc2)cc1. The molecule has 0 radical (unpaired) electrons. The third-order valence-corrected chi connectivity index (χ3v) is 4.20. The molecule has 0 heterocycles. The topological polar surface area (TPSA) is 67.4 Å². The molecule has 3 rings (SSSR count). The minimum Gasteiger partial charge on any atom is -0.492 e. The van der Waals surface area contributed by atoms with E-state index in [-0.39, 0.29) is 11.8 Å². The summed E-state index contributed by atoms with van der Waals surface area (Å²) in [6, 6.07) is 15.3. The van der Waals surface area contributed by atoms with Gasteiger partial charge in [-0.2, -0.15) is 0 Å². The maximum absolute atomic E-state index is 11.9. The molecule has 0 atom stereocenters. The van der Waals surface area contributed by atoms with Crippen LogP contribution >= 0.6 is 0 Å². The number of nitrogens with one attached hydrogen (secondary N) is 2. The quantitative estimate of drug-likeness (QED) is 0.559. The summed E-state index contributed by atoms with van der Waals surface area (Å²) in [5.41, 5.74) is 2.68. The normalized spacial score (nSPS) is 13.4. The van der Waals surface area contributed by atoms with Gasteiger partial charge in [-0.1, -0.05) is 29.8 Å². The molecule has 0 bridgehead atoms. The van der Waals surface area contributed by atoms with Crippen LogP contribution in [0.1, 0.15) is 34.3 Å². The van der Waals surface area contributed by atoms with E-state index in [4.69, 9.17) is 4.74 Å². The van der Waals surface area contributed by atoms with Gasteiger partial charge in [-0.25, -0.2) is 0 Å². The lowest BCUT2D eigenvalue weighted by molar-refractivity contribution is -0.116. The summed E-state index contributed by atoms with van der Waals surface area (Å²) in [6.45, 7) is 2.86. The molecule has 5 nitrogen and oxygen atoms in total. The monoisotopic (exact) mass is 364 g/mol. The van der Waals surface area contributed by atoms with Gasteiger partial charge in [0.2, 0.25) is 5.91 Å². The van der Waals surface area contributed by atoms with Crippen LogP contribution in [0, 0.1) is 6.92 Å². The van der Waals surface area contributed by atoms with Crippen LogP contribution in [0.5, 0.6) is 5.75 Å². The first kappa shape index (κ1) is 18.7. The van der Waals surface area contributed by atoms with Gasteiger partial charge in [0.25, 0.3) is 5.91 Å². The Morgan fingerprint density at radius 1 is 1.07 bits per heavy atom. The van der Waals surface area contributed by atoms with Crippen LogP contribution in [0.3, 0.4) is 0 Å². The first-order valence-electron chi connectivity index (χ1n) is 9.16. The highest BCUT2D eigenvalue weighted by Gasteiger charge is 2.23. The Kier molecular flexibility index (Phi) is 6.26. The van der Waals surface area contributed by atoms with E-state index >= 15 is 0 Å². The number of hydrogen-bond acceptors (Lipinski definition) is 3. The summed E-state index contributed by atoms with van der Waals surface area (Å²) in [4.78, 5) is 23.8. The highest BCUT2D eigenvalue weighted by Crippen LogP contribution is 2.19. The summed E-state index contributed by atoms with van der Waals surface area (Å²) < 4.78 is 5.56. The Labute approximate surface area is 159 Å². The van der Waals surface area contributed by atoms with Gasteiger partial charge in [0.05, 0.1) is 6.54 Å². The van der Waals surface area contributed by atoms with Crippen LogP contribution in [-0.4, -0.2) is 31.0 Å². The molecule has 2 aromatic carbocycles. The lowest BCUT2D eigenvalue weighted by atomic mass is 10.1. The maximum Gasteiger partial charge on any atom is 0.251 e. The Morgan fingerprint density at radius 3 is 2.44 bits per heavy atom. The van der Waals surface area contributed by atoms with Gasteiger partial charge in [0.15, 0.2) is 0 Å². The van der Waals surface area contributed by atoms with Crippen molar-refractivity contribution in [1.29, 1.82) is 0 Å². The average molecular weight is 364 g/mol. The van der Waals surface area contributed by atoms with Gasteiger partial charge in [0, 0.05) is 17.7 Å². The summed E-state index contributed by atoms with van der Waals surface area (Å²) >= 11 is 0. The second-order valence-corrected chi connectivity index (χ2v) is 6.66. The molecule has 1 aliphatic rings. The zero-order valence-electron chi connectivity index (χ0n) is 15.4. The van der Waals surface area contributed by atoms with Gasteiger partial charge >= 0.3 is 0 Å². The van der Waals surface area contributed by atoms with Crippen molar-refractivity contribution in [3.63, 3.8) is 0 Å². The molecule has 2 amide bonds. The van der Waals surface area contributed by atoms with Gasteiger partial charge < -0.3 is 15.4 Å². The molecule has 5 heteroatoms. The molecule has 1 fully saturated rings. The highest BCUT2D eigenvalue weighted by atomic mass is 16.5. The van der Waals surface area contributed by atoms with Gasteiger partial charge in [-0.15, -0.1) is 0 Å². The molecule has 0 unspecified atom stereocenters. The third kappa shape index (κ3) is 6.29. The first-order chi connectivity index (χ1) is 13.1. The summed E-state index contributed by atoms with van der Waals surface area (Å²) in [5.74, 6) is 0.564. The summed E-state index contributed by atoms with van der Waals surface area (Å²) in [6.07, 6.45) is 5.33. The second-order valence-electron chi connectivity index (χ2n) is 6.66. The minimum atomic E-state index is -0.182. The number of ether oxygens (including phenoxy) is 1. The first-order valence-corrected chi connectivity index (χ1v) is 9.16. The summed E-state index contributed by atoms with van der Waals surface area (Å²) in [5, 5.41) is 5.73. The highest BCUT2D eigenvalue weighted by molar-refractivity contribution is 5.95. The van der Waals surface area contributed by atoms with E-state index in [9.17, 15) is 9.59 Å².